The Morgan fingerprint density at radius 3 is 2.14 bits per heavy atom. The van der Waals surface area contributed by atoms with Crippen molar-refractivity contribution in [3.63, 3.8) is 0 Å². The third-order valence-corrected chi connectivity index (χ3v) is 4.71. The summed E-state index contributed by atoms with van der Waals surface area (Å²) in [6.07, 6.45) is 0.441. The molecule has 0 unspecified atom stereocenters. The maximum Gasteiger partial charge on any atom is 0.131 e. The summed E-state index contributed by atoms with van der Waals surface area (Å²) in [6.45, 7) is 2.58. The normalized spacial score (nSPS) is 10.9. The van der Waals surface area contributed by atoms with Gasteiger partial charge in [0.15, 0.2) is 0 Å². The molecule has 0 aliphatic carbocycles. The molecular formula is C24H24F2O3. The zero-order chi connectivity index (χ0) is 20.8. The summed E-state index contributed by atoms with van der Waals surface area (Å²) in [4.78, 5) is 0. The second-order valence-electron chi connectivity index (χ2n) is 6.82. The molecule has 0 aliphatic heterocycles. The summed E-state index contributed by atoms with van der Waals surface area (Å²) in [5.74, 6) is -0.235. The van der Waals surface area contributed by atoms with E-state index in [1.54, 1.807) is 43.5 Å². The summed E-state index contributed by atoms with van der Waals surface area (Å²) in [7, 11) is 1.59. The summed E-state index contributed by atoms with van der Waals surface area (Å²) >= 11 is 0. The first-order valence-electron chi connectivity index (χ1n) is 9.45. The zero-order valence-corrected chi connectivity index (χ0v) is 16.5. The molecule has 5 heteroatoms. The quantitative estimate of drug-likeness (QED) is 0.532. The lowest BCUT2D eigenvalue weighted by Crippen LogP contribution is -2.07. The van der Waals surface area contributed by atoms with Gasteiger partial charge in [0, 0.05) is 24.8 Å². The Morgan fingerprint density at radius 2 is 1.48 bits per heavy atom. The van der Waals surface area contributed by atoms with Crippen LogP contribution < -0.4 is 4.74 Å². The molecule has 0 saturated carbocycles. The van der Waals surface area contributed by atoms with Gasteiger partial charge in [-0.25, -0.2) is 8.78 Å². The predicted octanol–water partition coefficient (Wildman–Crippen LogP) is 5.17. The minimum absolute atomic E-state index is 0.00877. The van der Waals surface area contributed by atoms with Crippen molar-refractivity contribution in [2.75, 3.05) is 26.9 Å². The summed E-state index contributed by atoms with van der Waals surface area (Å²) in [6, 6.07) is 15.0. The number of halogens is 2. The Labute approximate surface area is 169 Å². The molecule has 3 aromatic rings. The van der Waals surface area contributed by atoms with Crippen LogP contribution in [0.3, 0.4) is 0 Å². The van der Waals surface area contributed by atoms with Crippen molar-refractivity contribution in [1.29, 1.82) is 0 Å². The fourth-order valence-corrected chi connectivity index (χ4v) is 3.19. The van der Waals surface area contributed by atoms with Crippen LogP contribution in [0.4, 0.5) is 8.78 Å². The van der Waals surface area contributed by atoms with Crippen molar-refractivity contribution < 1.29 is 23.4 Å². The Balaban J connectivity index is 1.94. The van der Waals surface area contributed by atoms with Gasteiger partial charge in [-0.3, -0.25) is 0 Å². The van der Waals surface area contributed by atoms with Gasteiger partial charge in [0.25, 0.3) is 0 Å². The van der Waals surface area contributed by atoms with Crippen molar-refractivity contribution >= 4 is 0 Å². The maximum atomic E-state index is 14.9. The number of hydrogen-bond acceptors (Lipinski definition) is 3. The number of aryl methyl sites for hydroxylation is 1. The number of rotatable bonds is 8. The average molecular weight is 398 g/mol. The lowest BCUT2D eigenvalue weighted by Gasteiger charge is -2.14. The van der Waals surface area contributed by atoms with Gasteiger partial charge >= 0.3 is 0 Å². The van der Waals surface area contributed by atoms with E-state index in [0.29, 0.717) is 47.6 Å². The van der Waals surface area contributed by atoms with Crippen molar-refractivity contribution in [3.8, 4) is 28.0 Å². The van der Waals surface area contributed by atoms with Crippen LogP contribution in [0.15, 0.2) is 54.6 Å². The van der Waals surface area contributed by atoms with Crippen molar-refractivity contribution in [2.24, 2.45) is 0 Å². The molecule has 0 heterocycles. The highest BCUT2D eigenvalue weighted by atomic mass is 19.1. The first-order chi connectivity index (χ1) is 14.0. The first kappa shape index (κ1) is 21.0. The van der Waals surface area contributed by atoms with E-state index < -0.39 is 5.82 Å². The van der Waals surface area contributed by atoms with Crippen LogP contribution in [0.2, 0.25) is 0 Å². The highest BCUT2D eigenvalue weighted by Crippen LogP contribution is 2.32. The fraction of sp³-hybridized carbons (Fsp3) is 0.250. The van der Waals surface area contributed by atoms with Gasteiger partial charge in [0.2, 0.25) is 0 Å². The fourth-order valence-electron chi connectivity index (χ4n) is 3.19. The highest BCUT2D eigenvalue weighted by Gasteiger charge is 2.13. The van der Waals surface area contributed by atoms with Gasteiger partial charge in [-0.2, -0.15) is 0 Å². The molecule has 1 N–H and O–H groups in total. The van der Waals surface area contributed by atoms with E-state index in [4.69, 9.17) is 9.47 Å². The van der Waals surface area contributed by atoms with Gasteiger partial charge in [-0.05, 0) is 53.8 Å². The smallest absolute Gasteiger partial charge is 0.131 e. The van der Waals surface area contributed by atoms with E-state index in [-0.39, 0.29) is 12.4 Å². The van der Waals surface area contributed by atoms with Crippen LogP contribution in [0.1, 0.15) is 11.1 Å². The number of methoxy groups -OCH3 is 1. The van der Waals surface area contributed by atoms with Crippen LogP contribution in [-0.2, 0) is 11.2 Å². The third-order valence-electron chi connectivity index (χ3n) is 4.71. The van der Waals surface area contributed by atoms with Crippen LogP contribution in [0.5, 0.6) is 5.75 Å². The molecule has 0 aromatic heterocycles. The molecule has 3 nitrogen and oxygen atoms in total. The molecular weight excluding hydrogens is 374 g/mol. The van der Waals surface area contributed by atoms with Crippen molar-refractivity contribution in [2.45, 2.75) is 13.3 Å². The van der Waals surface area contributed by atoms with Gasteiger partial charge < -0.3 is 14.6 Å². The Hall–Kier alpha value is -2.76. The van der Waals surface area contributed by atoms with Crippen molar-refractivity contribution in [3.05, 3.63) is 77.4 Å². The van der Waals surface area contributed by atoms with Gasteiger partial charge in [-0.15, -0.1) is 0 Å². The summed E-state index contributed by atoms with van der Waals surface area (Å²) < 4.78 is 39.9. The molecule has 0 atom stereocenters. The Morgan fingerprint density at radius 1 is 0.828 bits per heavy atom. The van der Waals surface area contributed by atoms with E-state index in [9.17, 15) is 13.9 Å². The average Bonchev–Trinajstić information content (AvgIpc) is 2.69. The van der Waals surface area contributed by atoms with E-state index in [2.05, 4.69) is 0 Å². The second kappa shape index (κ2) is 9.63. The highest BCUT2D eigenvalue weighted by molar-refractivity contribution is 5.72. The molecule has 3 aromatic carbocycles. The first-order valence-corrected chi connectivity index (χ1v) is 9.45. The Kier molecular flexibility index (Phi) is 6.96. The number of aliphatic hydroxyl groups excluding tert-OH is 1. The lowest BCUT2D eigenvalue weighted by molar-refractivity contribution is 0.145. The molecule has 152 valence electrons. The number of benzene rings is 3. The van der Waals surface area contributed by atoms with E-state index in [1.165, 1.54) is 12.1 Å². The molecule has 0 fully saturated rings. The second-order valence-corrected chi connectivity index (χ2v) is 6.82. The standard InChI is InChI=1S/C24H24F2O3/c1-16-3-7-20(22(25)13-16)18-6-8-21(23(26)14-18)19-5-4-17(9-10-27)24(15-19)29-12-11-28-2/h3-8,13-15,27H,9-12H2,1-2H3. The molecule has 0 radical (unpaired) electrons. The van der Waals surface area contributed by atoms with Crippen LogP contribution in [0.25, 0.3) is 22.3 Å². The molecule has 0 bridgehead atoms. The predicted molar refractivity (Wildman–Crippen MR) is 110 cm³/mol. The molecule has 29 heavy (non-hydrogen) atoms. The lowest BCUT2D eigenvalue weighted by atomic mass is 9.97. The molecule has 0 spiro atoms. The van der Waals surface area contributed by atoms with Gasteiger partial charge in [0.05, 0.1) is 6.61 Å². The molecule has 3 rings (SSSR count). The van der Waals surface area contributed by atoms with Crippen LogP contribution in [0, 0.1) is 18.6 Å². The zero-order valence-electron chi connectivity index (χ0n) is 16.5. The number of aliphatic hydroxyl groups is 1. The van der Waals surface area contributed by atoms with Gasteiger partial charge in [-0.1, -0.05) is 36.4 Å². The number of ether oxygens (including phenoxy) is 2. The maximum absolute atomic E-state index is 14.9. The SMILES string of the molecule is COCCOc1cc(-c2ccc(-c3ccc(C)cc3F)cc2F)ccc1CCO. The molecule has 0 aliphatic rings. The Bertz CT molecular complexity index is 986. The third kappa shape index (κ3) is 5.00. The van der Waals surface area contributed by atoms with Gasteiger partial charge in [0.1, 0.15) is 24.0 Å². The summed E-state index contributed by atoms with van der Waals surface area (Å²) in [5, 5.41) is 9.25. The van der Waals surface area contributed by atoms with Crippen molar-refractivity contribution in [1.82, 2.24) is 0 Å². The largest absolute Gasteiger partial charge is 0.491 e. The molecule has 0 amide bonds. The van der Waals surface area contributed by atoms with Crippen LogP contribution in [-0.4, -0.2) is 32.0 Å². The van der Waals surface area contributed by atoms with E-state index in [1.807, 2.05) is 13.0 Å². The minimum atomic E-state index is -0.444. The summed E-state index contributed by atoms with van der Waals surface area (Å²) in [5.41, 5.74) is 3.54. The topological polar surface area (TPSA) is 38.7 Å². The monoisotopic (exact) mass is 398 g/mol. The van der Waals surface area contributed by atoms with E-state index >= 15 is 0 Å². The van der Waals surface area contributed by atoms with Crippen LogP contribution >= 0.6 is 0 Å². The minimum Gasteiger partial charge on any atom is -0.491 e. The molecule has 0 saturated heterocycles. The van der Waals surface area contributed by atoms with E-state index in [0.717, 1.165) is 11.1 Å². The number of hydrogen-bond donors (Lipinski definition) is 1.